The number of piperidine rings is 1. The lowest BCUT2D eigenvalue weighted by Crippen LogP contribution is -2.38. The number of hydrogen-bond donors (Lipinski definition) is 1. The maximum Gasteiger partial charge on any atom is 0.397 e. The standard InChI is InChI=1S/C22H33NO3.CH4O4S/c1-18-8-5-6-15-23(18)16-7-17-25-22(24)19-11-13-21(14-12-19)26-20-9-3-2-4-10-20;1-5-6(2,3)4/h11-14,18,20H,2-10,15-17H2,1H3;1H3,(H,2,3,4). The lowest BCUT2D eigenvalue weighted by Gasteiger charge is -2.33. The van der Waals surface area contributed by atoms with Gasteiger partial charge in [-0.1, -0.05) is 12.8 Å². The first-order valence-electron chi connectivity index (χ1n) is 11.5. The van der Waals surface area contributed by atoms with Gasteiger partial charge in [0.2, 0.25) is 0 Å². The van der Waals surface area contributed by atoms with Crippen molar-refractivity contribution in [3.05, 3.63) is 29.8 Å². The van der Waals surface area contributed by atoms with E-state index in [1.54, 1.807) is 0 Å². The van der Waals surface area contributed by atoms with Crippen molar-refractivity contribution in [2.45, 2.75) is 76.9 Å². The van der Waals surface area contributed by atoms with Gasteiger partial charge in [0, 0.05) is 12.6 Å². The third kappa shape index (κ3) is 10.3. The molecule has 182 valence electrons. The summed E-state index contributed by atoms with van der Waals surface area (Å²) in [6.07, 6.45) is 11.3. The fourth-order valence-electron chi connectivity index (χ4n) is 4.05. The van der Waals surface area contributed by atoms with Crippen LogP contribution in [0.2, 0.25) is 0 Å². The van der Waals surface area contributed by atoms with E-state index in [0.717, 1.165) is 38.7 Å². The Hall–Kier alpha value is -1.68. The van der Waals surface area contributed by atoms with Crippen LogP contribution in [0.25, 0.3) is 0 Å². The Morgan fingerprint density at radius 3 is 2.28 bits per heavy atom. The molecule has 0 radical (unpaired) electrons. The molecule has 1 aliphatic carbocycles. The number of benzene rings is 1. The molecule has 0 amide bonds. The number of hydrogen-bond acceptors (Lipinski definition) is 7. The molecule has 1 saturated carbocycles. The van der Waals surface area contributed by atoms with Crippen LogP contribution in [0.5, 0.6) is 5.75 Å². The van der Waals surface area contributed by atoms with Crippen molar-refractivity contribution in [3.8, 4) is 5.75 Å². The number of carbonyl (C=O) groups excluding carboxylic acids is 1. The molecule has 1 saturated heterocycles. The second-order valence-electron chi connectivity index (χ2n) is 8.37. The lowest BCUT2D eigenvalue weighted by atomic mass is 9.98. The van der Waals surface area contributed by atoms with Crippen molar-refractivity contribution in [1.82, 2.24) is 4.90 Å². The van der Waals surface area contributed by atoms with Gasteiger partial charge in [-0.15, -0.1) is 0 Å². The van der Waals surface area contributed by atoms with Gasteiger partial charge in [-0.25, -0.2) is 4.79 Å². The van der Waals surface area contributed by atoms with Crippen molar-refractivity contribution in [2.24, 2.45) is 0 Å². The molecule has 32 heavy (non-hydrogen) atoms. The predicted molar refractivity (Wildman–Crippen MR) is 122 cm³/mol. The van der Waals surface area contributed by atoms with Crippen molar-refractivity contribution < 1.29 is 31.4 Å². The molecule has 1 atom stereocenters. The van der Waals surface area contributed by atoms with E-state index in [-0.39, 0.29) is 5.97 Å². The molecule has 2 aliphatic rings. The molecule has 1 unspecified atom stereocenters. The zero-order valence-electron chi connectivity index (χ0n) is 19.2. The molecule has 8 nitrogen and oxygen atoms in total. The van der Waals surface area contributed by atoms with Crippen LogP contribution < -0.4 is 4.74 Å². The van der Waals surface area contributed by atoms with E-state index in [0.29, 0.717) is 24.3 Å². The van der Waals surface area contributed by atoms with Crippen LogP contribution in [0.3, 0.4) is 0 Å². The molecular weight excluding hydrogens is 434 g/mol. The Morgan fingerprint density at radius 2 is 1.69 bits per heavy atom. The maximum atomic E-state index is 12.2. The number of carbonyl (C=O) groups is 1. The first kappa shape index (κ1) is 26.6. The molecule has 3 rings (SSSR count). The fourth-order valence-corrected chi connectivity index (χ4v) is 4.05. The van der Waals surface area contributed by atoms with E-state index in [2.05, 4.69) is 16.0 Å². The SMILES string of the molecule is CC1CCCCN1CCCOC(=O)c1ccc(OC2CCCCC2)cc1.COS(=O)(=O)O. The van der Waals surface area contributed by atoms with Crippen LogP contribution >= 0.6 is 0 Å². The molecule has 1 aliphatic heterocycles. The lowest BCUT2D eigenvalue weighted by molar-refractivity contribution is 0.0475. The summed E-state index contributed by atoms with van der Waals surface area (Å²) in [4.78, 5) is 14.7. The number of rotatable bonds is 8. The normalized spacial score (nSPS) is 20.2. The summed E-state index contributed by atoms with van der Waals surface area (Å²) in [5.74, 6) is 0.619. The minimum atomic E-state index is -4.16. The van der Waals surface area contributed by atoms with Gasteiger partial charge in [0.05, 0.1) is 25.4 Å². The minimum Gasteiger partial charge on any atom is -0.490 e. The summed E-state index contributed by atoms with van der Waals surface area (Å²) in [6.45, 7) is 4.98. The Kier molecular flexibility index (Phi) is 11.4. The largest absolute Gasteiger partial charge is 0.490 e. The van der Waals surface area contributed by atoms with Crippen molar-refractivity contribution >= 4 is 16.4 Å². The van der Waals surface area contributed by atoms with Gasteiger partial charge in [0.1, 0.15) is 5.75 Å². The van der Waals surface area contributed by atoms with Crippen molar-refractivity contribution in [2.75, 3.05) is 26.8 Å². The van der Waals surface area contributed by atoms with E-state index in [1.165, 1.54) is 45.1 Å². The molecule has 1 N–H and O–H groups in total. The van der Waals surface area contributed by atoms with E-state index in [9.17, 15) is 13.2 Å². The number of nitrogens with zero attached hydrogens (tertiary/aromatic N) is 1. The summed E-state index contributed by atoms with van der Waals surface area (Å²) in [5.41, 5.74) is 0.604. The van der Waals surface area contributed by atoms with Gasteiger partial charge in [0.15, 0.2) is 0 Å². The highest BCUT2D eigenvalue weighted by Gasteiger charge is 2.18. The number of likely N-dealkylation sites (tertiary alicyclic amines) is 1. The quantitative estimate of drug-likeness (QED) is 0.341. The zero-order valence-corrected chi connectivity index (χ0v) is 20.0. The first-order valence-corrected chi connectivity index (χ1v) is 12.9. The topological polar surface area (TPSA) is 102 Å². The van der Waals surface area contributed by atoms with Crippen LogP contribution in [0, 0.1) is 0 Å². The molecule has 1 heterocycles. The first-order chi connectivity index (χ1) is 15.3. The zero-order chi connectivity index (χ0) is 23.4. The highest BCUT2D eigenvalue weighted by Crippen LogP contribution is 2.23. The third-order valence-electron chi connectivity index (χ3n) is 5.92. The molecule has 0 bridgehead atoms. The summed E-state index contributed by atoms with van der Waals surface area (Å²) >= 11 is 0. The highest BCUT2D eigenvalue weighted by atomic mass is 32.3. The van der Waals surface area contributed by atoms with Crippen molar-refractivity contribution in [1.29, 1.82) is 0 Å². The molecular formula is C23H37NO7S. The van der Waals surface area contributed by atoms with Gasteiger partial charge in [0.25, 0.3) is 0 Å². The second kappa shape index (κ2) is 13.8. The van der Waals surface area contributed by atoms with E-state index >= 15 is 0 Å². The van der Waals surface area contributed by atoms with E-state index in [1.807, 2.05) is 24.3 Å². The van der Waals surface area contributed by atoms with Crippen LogP contribution in [0.1, 0.15) is 75.1 Å². The summed E-state index contributed by atoms with van der Waals surface area (Å²) in [6, 6.07) is 8.07. The number of ether oxygens (including phenoxy) is 2. The molecule has 9 heteroatoms. The molecule has 0 spiro atoms. The summed E-state index contributed by atoms with van der Waals surface area (Å²) in [7, 11) is -3.29. The molecule has 0 aromatic heterocycles. The van der Waals surface area contributed by atoms with Gasteiger partial charge in [-0.3, -0.25) is 8.74 Å². The van der Waals surface area contributed by atoms with Crippen LogP contribution in [-0.4, -0.2) is 62.8 Å². The molecule has 2 fully saturated rings. The maximum absolute atomic E-state index is 12.2. The number of esters is 1. The predicted octanol–water partition coefficient (Wildman–Crippen LogP) is 4.26. The molecule has 1 aromatic rings. The van der Waals surface area contributed by atoms with E-state index < -0.39 is 10.4 Å². The monoisotopic (exact) mass is 471 g/mol. The molecule has 1 aromatic carbocycles. The minimum absolute atomic E-state index is 0.235. The average molecular weight is 472 g/mol. The van der Waals surface area contributed by atoms with Gasteiger partial charge in [-0.05, 0) is 82.7 Å². The second-order valence-corrected chi connectivity index (χ2v) is 9.56. The average Bonchev–Trinajstić information content (AvgIpc) is 2.79. The third-order valence-corrected chi connectivity index (χ3v) is 6.34. The highest BCUT2D eigenvalue weighted by molar-refractivity contribution is 7.80. The van der Waals surface area contributed by atoms with Crippen molar-refractivity contribution in [3.63, 3.8) is 0 Å². The Morgan fingerprint density at radius 1 is 1.06 bits per heavy atom. The van der Waals surface area contributed by atoms with Gasteiger partial charge < -0.3 is 14.4 Å². The fraction of sp³-hybridized carbons (Fsp3) is 0.696. The van der Waals surface area contributed by atoms with Crippen LogP contribution in [0.15, 0.2) is 24.3 Å². The van der Waals surface area contributed by atoms with Gasteiger partial charge >= 0.3 is 16.4 Å². The summed E-state index contributed by atoms with van der Waals surface area (Å²) in [5, 5.41) is 0. The summed E-state index contributed by atoms with van der Waals surface area (Å²) < 4.78 is 41.2. The van der Waals surface area contributed by atoms with E-state index in [4.69, 9.17) is 14.0 Å². The van der Waals surface area contributed by atoms with Crippen LogP contribution in [0.4, 0.5) is 0 Å². The Labute approximate surface area is 192 Å². The Balaban J connectivity index is 0.000000534. The van der Waals surface area contributed by atoms with Crippen LogP contribution in [-0.2, 0) is 19.3 Å². The Bertz CT molecular complexity index is 776. The smallest absolute Gasteiger partial charge is 0.397 e. The van der Waals surface area contributed by atoms with Gasteiger partial charge in [-0.2, -0.15) is 8.42 Å².